The molecule has 0 aliphatic rings. The molecule has 0 atom stereocenters. The first kappa shape index (κ1) is 15.9. The third-order valence-electron chi connectivity index (χ3n) is 3.09. The lowest BCUT2D eigenvalue weighted by molar-refractivity contribution is 0.0954. The quantitative estimate of drug-likeness (QED) is 0.862. The highest BCUT2D eigenvalue weighted by molar-refractivity contribution is 5.98. The Morgan fingerprint density at radius 1 is 1.23 bits per heavy atom. The number of hydrogen-bond donors (Lipinski definition) is 2. The fourth-order valence-electron chi connectivity index (χ4n) is 2.04. The SMILES string of the molecule is CC(C)Nc1ncccc1C(=O)NCCc1ccc(F)cc1. The van der Waals surface area contributed by atoms with Crippen LogP contribution in [0.15, 0.2) is 42.6 Å². The van der Waals surface area contributed by atoms with Crippen LogP contribution in [0, 0.1) is 5.82 Å². The molecule has 2 aromatic rings. The van der Waals surface area contributed by atoms with Gasteiger partial charge in [0.05, 0.1) is 5.56 Å². The van der Waals surface area contributed by atoms with Gasteiger partial charge in [-0.3, -0.25) is 4.79 Å². The molecule has 1 aromatic carbocycles. The molecule has 0 saturated carbocycles. The zero-order valence-corrected chi connectivity index (χ0v) is 12.8. The molecule has 0 radical (unpaired) electrons. The van der Waals surface area contributed by atoms with E-state index >= 15 is 0 Å². The molecule has 5 heteroatoms. The van der Waals surface area contributed by atoms with Crippen LogP contribution in [0.5, 0.6) is 0 Å². The maximum absolute atomic E-state index is 12.8. The summed E-state index contributed by atoms with van der Waals surface area (Å²) < 4.78 is 12.8. The second-order valence-corrected chi connectivity index (χ2v) is 5.33. The summed E-state index contributed by atoms with van der Waals surface area (Å²) in [6.07, 6.45) is 2.30. The van der Waals surface area contributed by atoms with Crippen LogP contribution in [0.1, 0.15) is 29.8 Å². The maximum atomic E-state index is 12.8. The van der Waals surface area contributed by atoms with Crippen molar-refractivity contribution in [1.82, 2.24) is 10.3 Å². The number of nitrogens with one attached hydrogen (secondary N) is 2. The van der Waals surface area contributed by atoms with Crippen molar-refractivity contribution in [3.63, 3.8) is 0 Å². The molecule has 0 saturated heterocycles. The minimum Gasteiger partial charge on any atom is -0.367 e. The van der Waals surface area contributed by atoms with Gasteiger partial charge in [0.25, 0.3) is 5.91 Å². The highest BCUT2D eigenvalue weighted by atomic mass is 19.1. The molecule has 0 spiro atoms. The largest absolute Gasteiger partial charge is 0.367 e. The number of carbonyl (C=O) groups is 1. The molecule has 0 aliphatic heterocycles. The summed E-state index contributed by atoms with van der Waals surface area (Å²) in [5, 5.41) is 6.02. The van der Waals surface area contributed by atoms with E-state index < -0.39 is 0 Å². The van der Waals surface area contributed by atoms with Crippen LogP contribution in [0.2, 0.25) is 0 Å². The Bertz CT molecular complexity index is 626. The van der Waals surface area contributed by atoms with Gasteiger partial charge in [-0.2, -0.15) is 0 Å². The van der Waals surface area contributed by atoms with Crippen LogP contribution in [0.3, 0.4) is 0 Å². The van der Waals surface area contributed by atoms with Crippen molar-refractivity contribution in [2.45, 2.75) is 26.3 Å². The van der Waals surface area contributed by atoms with Crippen molar-refractivity contribution >= 4 is 11.7 Å². The second kappa shape index (κ2) is 7.54. The number of rotatable bonds is 6. The molecule has 1 amide bonds. The zero-order chi connectivity index (χ0) is 15.9. The lowest BCUT2D eigenvalue weighted by Gasteiger charge is -2.13. The van der Waals surface area contributed by atoms with Gasteiger partial charge < -0.3 is 10.6 Å². The fourth-order valence-corrected chi connectivity index (χ4v) is 2.04. The van der Waals surface area contributed by atoms with Crippen molar-refractivity contribution in [3.05, 3.63) is 59.5 Å². The van der Waals surface area contributed by atoms with E-state index in [-0.39, 0.29) is 17.8 Å². The van der Waals surface area contributed by atoms with Gasteiger partial charge in [0.1, 0.15) is 11.6 Å². The van der Waals surface area contributed by atoms with Crippen molar-refractivity contribution in [3.8, 4) is 0 Å². The van der Waals surface area contributed by atoms with Gasteiger partial charge in [0.15, 0.2) is 0 Å². The van der Waals surface area contributed by atoms with Crippen LogP contribution < -0.4 is 10.6 Å². The van der Waals surface area contributed by atoms with Crippen LogP contribution in [-0.2, 0) is 6.42 Å². The molecule has 2 rings (SSSR count). The minimum absolute atomic E-state index is 0.168. The van der Waals surface area contributed by atoms with Crippen molar-refractivity contribution in [1.29, 1.82) is 0 Å². The second-order valence-electron chi connectivity index (χ2n) is 5.33. The minimum atomic E-state index is -0.257. The molecule has 0 unspecified atom stereocenters. The summed E-state index contributed by atoms with van der Waals surface area (Å²) in [7, 11) is 0. The molecule has 1 heterocycles. The van der Waals surface area contributed by atoms with Crippen molar-refractivity contribution in [2.75, 3.05) is 11.9 Å². The molecule has 116 valence electrons. The van der Waals surface area contributed by atoms with E-state index in [1.807, 2.05) is 13.8 Å². The molecule has 0 bridgehead atoms. The normalized spacial score (nSPS) is 10.5. The predicted octanol–water partition coefficient (Wildman–Crippen LogP) is 3.01. The number of aromatic nitrogens is 1. The number of hydrogen-bond acceptors (Lipinski definition) is 3. The van der Waals surface area contributed by atoms with E-state index in [9.17, 15) is 9.18 Å². The summed E-state index contributed by atoms with van der Waals surface area (Å²) in [5.41, 5.74) is 1.50. The Balaban J connectivity index is 1.93. The summed E-state index contributed by atoms with van der Waals surface area (Å²) in [5.74, 6) is 0.155. The number of carbonyl (C=O) groups excluding carboxylic acids is 1. The third-order valence-corrected chi connectivity index (χ3v) is 3.09. The summed E-state index contributed by atoms with van der Waals surface area (Å²) >= 11 is 0. The standard InChI is InChI=1S/C17H20FN3O/c1-12(2)21-16-15(4-3-10-19-16)17(22)20-11-9-13-5-7-14(18)8-6-13/h3-8,10,12H,9,11H2,1-2H3,(H,19,21)(H,20,22). The lowest BCUT2D eigenvalue weighted by Crippen LogP contribution is -2.27. The molecule has 0 fully saturated rings. The predicted molar refractivity (Wildman–Crippen MR) is 85.4 cm³/mol. The van der Waals surface area contributed by atoms with E-state index in [0.717, 1.165) is 5.56 Å². The van der Waals surface area contributed by atoms with Gasteiger partial charge in [-0.25, -0.2) is 9.37 Å². The summed E-state index contributed by atoms with van der Waals surface area (Å²) in [6.45, 7) is 4.47. The van der Waals surface area contributed by atoms with Gasteiger partial charge >= 0.3 is 0 Å². The number of anilines is 1. The monoisotopic (exact) mass is 301 g/mol. The highest BCUT2D eigenvalue weighted by Gasteiger charge is 2.12. The first-order chi connectivity index (χ1) is 10.6. The van der Waals surface area contributed by atoms with E-state index in [0.29, 0.717) is 24.3 Å². The van der Waals surface area contributed by atoms with Gasteiger partial charge in [-0.1, -0.05) is 12.1 Å². The third kappa shape index (κ3) is 4.55. The lowest BCUT2D eigenvalue weighted by atomic mass is 10.1. The van der Waals surface area contributed by atoms with Crippen LogP contribution in [0.25, 0.3) is 0 Å². The summed E-state index contributed by atoms with van der Waals surface area (Å²) in [6, 6.07) is 9.95. The average molecular weight is 301 g/mol. The zero-order valence-electron chi connectivity index (χ0n) is 12.8. The smallest absolute Gasteiger partial charge is 0.255 e. The molecule has 2 N–H and O–H groups in total. The Morgan fingerprint density at radius 2 is 1.95 bits per heavy atom. The van der Waals surface area contributed by atoms with E-state index in [1.165, 1.54) is 12.1 Å². The Labute approximate surface area is 129 Å². The Hall–Kier alpha value is -2.43. The fraction of sp³-hybridized carbons (Fsp3) is 0.294. The average Bonchev–Trinajstić information content (AvgIpc) is 2.49. The molecular formula is C17H20FN3O. The van der Waals surface area contributed by atoms with Gasteiger partial charge in [0, 0.05) is 18.8 Å². The number of amides is 1. The molecular weight excluding hydrogens is 281 g/mol. The van der Waals surface area contributed by atoms with Crippen molar-refractivity contribution in [2.24, 2.45) is 0 Å². The van der Waals surface area contributed by atoms with Gasteiger partial charge in [-0.15, -0.1) is 0 Å². The topological polar surface area (TPSA) is 54.0 Å². The Morgan fingerprint density at radius 3 is 2.64 bits per heavy atom. The number of pyridine rings is 1. The number of halogens is 1. The first-order valence-electron chi connectivity index (χ1n) is 7.30. The molecule has 22 heavy (non-hydrogen) atoms. The molecule has 0 aliphatic carbocycles. The first-order valence-corrected chi connectivity index (χ1v) is 7.30. The van der Waals surface area contributed by atoms with Gasteiger partial charge in [0.2, 0.25) is 0 Å². The van der Waals surface area contributed by atoms with E-state index in [4.69, 9.17) is 0 Å². The van der Waals surface area contributed by atoms with Crippen molar-refractivity contribution < 1.29 is 9.18 Å². The van der Waals surface area contributed by atoms with Crippen LogP contribution in [0.4, 0.5) is 10.2 Å². The summed E-state index contributed by atoms with van der Waals surface area (Å²) in [4.78, 5) is 16.4. The number of benzene rings is 1. The molecule has 1 aromatic heterocycles. The number of nitrogens with zero attached hydrogens (tertiary/aromatic N) is 1. The maximum Gasteiger partial charge on any atom is 0.255 e. The Kier molecular flexibility index (Phi) is 5.47. The van der Waals surface area contributed by atoms with Crippen LogP contribution >= 0.6 is 0 Å². The van der Waals surface area contributed by atoms with E-state index in [2.05, 4.69) is 15.6 Å². The molecule has 4 nitrogen and oxygen atoms in total. The highest BCUT2D eigenvalue weighted by Crippen LogP contribution is 2.12. The van der Waals surface area contributed by atoms with Gasteiger partial charge in [-0.05, 0) is 50.1 Å². The van der Waals surface area contributed by atoms with Crippen LogP contribution in [-0.4, -0.2) is 23.5 Å². The van der Waals surface area contributed by atoms with E-state index in [1.54, 1.807) is 30.5 Å².